The van der Waals surface area contributed by atoms with Crippen LogP contribution in [-0.2, 0) is 16.0 Å². The van der Waals surface area contributed by atoms with Crippen LogP contribution in [0.15, 0.2) is 18.2 Å². The molecular formula is C19H25BF2O5. The van der Waals surface area contributed by atoms with Gasteiger partial charge in [0.15, 0.2) is 0 Å². The number of Topliss-reactive ketones (excluding diaryl/α,β-unsaturated/α-hetero) is 1. The molecule has 1 aliphatic rings. The van der Waals surface area contributed by atoms with E-state index in [1.807, 2.05) is 6.92 Å². The number of rotatable bonds is 9. The zero-order chi connectivity index (χ0) is 20.0. The van der Waals surface area contributed by atoms with Gasteiger partial charge in [0.1, 0.15) is 17.1 Å². The van der Waals surface area contributed by atoms with Crippen molar-refractivity contribution in [3.05, 3.63) is 29.3 Å². The number of fused-ring (bicyclic) bond motifs is 1. The average molecular weight is 382 g/mol. The molecule has 1 N–H and O–H groups in total. The molecule has 1 heterocycles. The van der Waals surface area contributed by atoms with Gasteiger partial charge in [0.25, 0.3) is 5.92 Å². The molecule has 0 saturated heterocycles. The molecule has 0 aliphatic carbocycles. The van der Waals surface area contributed by atoms with E-state index in [1.165, 1.54) is 0 Å². The van der Waals surface area contributed by atoms with Crippen LogP contribution in [0.2, 0.25) is 5.82 Å². The SMILES string of the molecule is CCCCCOC(=O)c1cccc2c1OB(O)[C@@H](CC(=O)CC(C)(F)F)C2. The van der Waals surface area contributed by atoms with Crippen LogP contribution in [-0.4, -0.2) is 36.4 Å². The second-order valence-corrected chi connectivity index (χ2v) is 7.10. The van der Waals surface area contributed by atoms with Crippen molar-refractivity contribution in [2.45, 2.75) is 64.1 Å². The van der Waals surface area contributed by atoms with E-state index < -0.39 is 37.0 Å². The van der Waals surface area contributed by atoms with Crippen molar-refractivity contribution in [1.29, 1.82) is 0 Å². The van der Waals surface area contributed by atoms with E-state index in [4.69, 9.17) is 9.39 Å². The third-order valence-electron chi connectivity index (χ3n) is 4.42. The van der Waals surface area contributed by atoms with Gasteiger partial charge in [-0.2, -0.15) is 0 Å². The monoisotopic (exact) mass is 382 g/mol. The van der Waals surface area contributed by atoms with Gasteiger partial charge in [-0.1, -0.05) is 31.9 Å². The zero-order valence-electron chi connectivity index (χ0n) is 15.7. The lowest BCUT2D eigenvalue weighted by Crippen LogP contribution is -2.36. The molecule has 0 bridgehead atoms. The van der Waals surface area contributed by atoms with Gasteiger partial charge in [0.05, 0.1) is 13.0 Å². The van der Waals surface area contributed by atoms with Crippen LogP contribution in [0.25, 0.3) is 0 Å². The highest BCUT2D eigenvalue weighted by atomic mass is 19.3. The number of unbranched alkanes of at least 4 members (excludes halogenated alkanes) is 2. The summed E-state index contributed by atoms with van der Waals surface area (Å²) in [5.74, 6) is -4.65. The number of para-hydroxylation sites is 1. The largest absolute Gasteiger partial charge is 0.535 e. The molecule has 0 unspecified atom stereocenters. The average Bonchev–Trinajstić information content (AvgIpc) is 2.57. The number of ether oxygens (including phenoxy) is 1. The van der Waals surface area contributed by atoms with Crippen LogP contribution in [0.4, 0.5) is 8.78 Å². The van der Waals surface area contributed by atoms with Crippen LogP contribution in [0.5, 0.6) is 5.75 Å². The van der Waals surface area contributed by atoms with Crippen LogP contribution >= 0.6 is 0 Å². The normalized spacial score (nSPS) is 16.5. The summed E-state index contributed by atoms with van der Waals surface area (Å²) >= 11 is 0. The fourth-order valence-corrected chi connectivity index (χ4v) is 3.12. The Hall–Kier alpha value is -1.96. The lowest BCUT2D eigenvalue weighted by Gasteiger charge is -2.28. The van der Waals surface area contributed by atoms with Crippen molar-refractivity contribution in [3.63, 3.8) is 0 Å². The standard InChI is InChI=1S/C19H25BF2O5/c1-3-4-5-9-26-18(24)16-8-6-7-13-10-14(20(25)27-17(13)16)11-15(23)12-19(2,21)22/h6-8,14,25H,3-5,9-12H2,1-2H3/t14-/m1/s1. The number of alkyl halides is 2. The number of benzene rings is 1. The number of hydrogen-bond acceptors (Lipinski definition) is 5. The van der Waals surface area contributed by atoms with Gasteiger partial charge in [0.2, 0.25) is 0 Å². The highest BCUT2D eigenvalue weighted by Crippen LogP contribution is 2.37. The van der Waals surface area contributed by atoms with E-state index in [-0.39, 0.29) is 24.2 Å². The van der Waals surface area contributed by atoms with Crippen molar-refractivity contribution in [2.75, 3.05) is 6.61 Å². The minimum absolute atomic E-state index is 0.213. The molecule has 27 heavy (non-hydrogen) atoms. The molecule has 0 spiro atoms. The number of hydrogen-bond donors (Lipinski definition) is 1. The quantitative estimate of drug-likeness (QED) is 0.399. The Morgan fingerprint density at radius 3 is 2.78 bits per heavy atom. The van der Waals surface area contributed by atoms with E-state index in [1.54, 1.807) is 18.2 Å². The molecule has 0 aromatic heterocycles. The first kappa shape index (κ1) is 21.3. The molecule has 1 aliphatic heterocycles. The molecule has 0 fully saturated rings. The van der Waals surface area contributed by atoms with E-state index in [2.05, 4.69) is 0 Å². The number of carbonyl (C=O) groups excluding carboxylic acids is 2. The second kappa shape index (κ2) is 9.31. The summed E-state index contributed by atoms with van der Waals surface area (Å²) in [5.41, 5.74) is 0.859. The fraction of sp³-hybridized carbons (Fsp3) is 0.579. The second-order valence-electron chi connectivity index (χ2n) is 7.10. The van der Waals surface area contributed by atoms with E-state index in [0.717, 1.165) is 19.3 Å². The Kier molecular flexibility index (Phi) is 7.36. The van der Waals surface area contributed by atoms with Crippen molar-refractivity contribution < 1.29 is 32.8 Å². The highest BCUT2D eigenvalue weighted by Gasteiger charge is 2.39. The predicted octanol–water partition coefficient (Wildman–Crippen LogP) is 3.82. The van der Waals surface area contributed by atoms with Gasteiger partial charge in [0, 0.05) is 12.2 Å². The molecule has 1 aromatic rings. The molecule has 148 valence electrons. The first-order valence-corrected chi connectivity index (χ1v) is 9.24. The topological polar surface area (TPSA) is 72.8 Å². The van der Waals surface area contributed by atoms with E-state index >= 15 is 0 Å². The number of halogens is 2. The summed E-state index contributed by atoms with van der Waals surface area (Å²) in [6, 6.07) is 4.94. The molecule has 8 heteroatoms. The van der Waals surface area contributed by atoms with Gasteiger partial charge in [-0.25, -0.2) is 13.6 Å². The first-order valence-electron chi connectivity index (χ1n) is 9.24. The maximum atomic E-state index is 13.0. The summed E-state index contributed by atoms with van der Waals surface area (Å²) < 4.78 is 36.7. The summed E-state index contributed by atoms with van der Waals surface area (Å²) in [5, 5.41) is 10.2. The van der Waals surface area contributed by atoms with Crippen molar-refractivity contribution >= 4 is 18.9 Å². The third-order valence-corrected chi connectivity index (χ3v) is 4.42. The molecule has 1 aromatic carbocycles. The maximum absolute atomic E-state index is 13.0. The Morgan fingerprint density at radius 1 is 1.37 bits per heavy atom. The van der Waals surface area contributed by atoms with Crippen LogP contribution in [0.3, 0.4) is 0 Å². The summed E-state index contributed by atoms with van der Waals surface area (Å²) in [6.45, 7) is 3.04. The summed E-state index contributed by atoms with van der Waals surface area (Å²) in [6.07, 6.45) is 1.92. The molecule has 5 nitrogen and oxygen atoms in total. The van der Waals surface area contributed by atoms with Crippen LogP contribution in [0, 0.1) is 0 Å². The summed E-state index contributed by atoms with van der Waals surface area (Å²) in [4.78, 5) is 24.1. The number of carbonyl (C=O) groups is 2. The lowest BCUT2D eigenvalue weighted by molar-refractivity contribution is -0.125. The highest BCUT2D eigenvalue weighted by molar-refractivity contribution is 6.47. The van der Waals surface area contributed by atoms with Crippen molar-refractivity contribution in [2.24, 2.45) is 0 Å². The van der Waals surface area contributed by atoms with Crippen molar-refractivity contribution in [1.82, 2.24) is 0 Å². The smallest absolute Gasteiger partial charge is 0.526 e. The predicted molar refractivity (Wildman–Crippen MR) is 97.2 cm³/mol. The third kappa shape index (κ3) is 6.31. The molecular weight excluding hydrogens is 357 g/mol. The Balaban J connectivity index is 2.05. The van der Waals surface area contributed by atoms with Gasteiger partial charge in [-0.05, 0) is 31.4 Å². The molecule has 1 atom stereocenters. The van der Waals surface area contributed by atoms with Crippen LogP contribution in [0.1, 0.15) is 61.9 Å². The van der Waals surface area contributed by atoms with E-state index in [9.17, 15) is 23.4 Å². The molecule has 0 radical (unpaired) electrons. The van der Waals surface area contributed by atoms with Crippen LogP contribution < -0.4 is 4.65 Å². The zero-order valence-corrected chi connectivity index (χ0v) is 15.7. The van der Waals surface area contributed by atoms with Crippen molar-refractivity contribution in [3.8, 4) is 5.75 Å². The first-order chi connectivity index (χ1) is 12.7. The minimum atomic E-state index is -3.08. The van der Waals surface area contributed by atoms with Gasteiger partial charge < -0.3 is 14.4 Å². The molecule has 0 amide bonds. The maximum Gasteiger partial charge on any atom is 0.526 e. The lowest BCUT2D eigenvalue weighted by atomic mass is 9.64. The van der Waals surface area contributed by atoms with Gasteiger partial charge >= 0.3 is 13.1 Å². The van der Waals surface area contributed by atoms with E-state index in [0.29, 0.717) is 19.1 Å². The molecule has 0 saturated carbocycles. The minimum Gasteiger partial charge on any atom is -0.535 e. The fourth-order valence-electron chi connectivity index (χ4n) is 3.12. The Bertz CT molecular complexity index is 675. The number of ketones is 1. The summed E-state index contributed by atoms with van der Waals surface area (Å²) in [7, 11) is -1.35. The molecule has 2 rings (SSSR count). The Labute approximate surface area is 158 Å². The number of esters is 1. The van der Waals surface area contributed by atoms with Gasteiger partial charge in [-0.3, -0.25) is 4.79 Å². The van der Waals surface area contributed by atoms with Gasteiger partial charge in [-0.15, -0.1) is 0 Å². The Morgan fingerprint density at radius 2 is 2.11 bits per heavy atom.